The van der Waals surface area contributed by atoms with Gasteiger partial charge in [-0.1, -0.05) is 6.42 Å². The smallest absolute Gasteiger partial charge is 0.169 e. The molecule has 0 amide bonds. The Morgan fingerprint density at radius 3 is 2.44 bits per heavy atom. The highest BCUT2D eigenvalue weighted by Crippen LogP contribution is 2.44. The minimum atomic E-state index is 0.286. The fraction of sp³-hybridized carbons (Fsp3) is 0.929. The number of fused-ring (bicyclic) bond motifs is 2. The standard InChI is InChI=1S/C14H24N2OS/c1-9-7-16(8-10(2)17-9)14(18)15-13-6-11-3-4-12(13)5-11/h9-13H,3-8H2,1-2H3,(H,15,18)/t9-,10+,11-,12-,13-/m1/s1. The normalized spacial score (nSPS) is 43.2. The molecule has 2 aliphatic carbocycles. The number of nitrogens with one attached hydrogen (secondary N) is 1. The number of thiocarbonyl (C=S) groups is 1. The molecule has 2 saturated carbocycles. The van der Waals surface area contributed by atoms with Gasteiger partial charge in [0.15, 0.2) is 5.11 Å². The molecule has 1 N–H and O–H groups in total. The van der Waals surface area contributed by atoms with Gasteiger partial charge in [0.2, 0.25) is 0 Å². The summed E-state index contributed by atoms with van der Waals surface area (Å²) in [6.45, 7) is 6.11. The van der Waals surface area contributed by atoms with Crippen LogP contribution in [0.1, 0.15) is 39.5 Å². The maximum Gasteiger partial charge on any atom is 0.169 e. The SMILES string of the molecule is C[C@@H]1CN(C(=S)N[C@@H]2C[C@@H]3CC[C@@H]2C3)C[C@H](C)O1. The van der Waals surface area contributed by atoms with E-state index in [1.165, 1.54) is 25.7 Å². The Balaban J connectivity index is 1.55. The topological polar surface area (TPSA) is 24.5 Å². The summed E-state index contributed by atoms with van der Waals surface area (Å²) in [7, 11) is 0. The summed E-state index contributed by atoms with van der Waals surface area (Å²) in [4.78, 5) is 2.29. The maximum absolute atomic E-state index is 5.76. The summed E-state index contributed by atoms with van der Waals surface area (Å²) >= 11 is 5.59. The third kappa shape index (κ3) is 2.50. The number of rotatable bonds is 1. The molecular formula is C14H24N2OS. The first-order chi connectivity index (χ1) is 8.61. The minimum Gasteiger partial charge on any atom is -0.372 e. The zero-order chi connectivity index (χ0) is 12.7. The molecule has 4 heteroatoms. The highest BCUT2D eigenvalue weighted by atomic mass is 32.1. The lowest BCUT2D eigenvalue weighted by Crippen LogP contribution is -2.54. The van der Waals surface area contributed by atoms with Crippen LogP contribution in [0.2, 0.25) is 0 Å². The monoisotopic (exact) mass is 268 g/mol. The Kier molecular flexibility index (Phi) is 3.50. The number of ether oxygens (including phenoxy) is 1. The van der Waals surface area contributed by atoms with Crippen LogP contribution in [0.5, 0.6) is 0 Å². The Morgan fingerprint density at radius 2 is 1.89 bits per heavy atom. The second-order valence-electron chi connectivity index (χ2n) is 6.39. The van der Waals surface area contributed by atoms with E-state index in [2.05, 4.69) is 24.1 Å². The molecule has 1 aliphatic heterocycles. The van der Waals surface area contributed by atoms with Crippen LogP contribution in [0, 0.1) is 11.8 Å². The van der Waals surface area contributed by atoms with E-state index in [0.29, 0.717) is 6.04 Å². The second-order valence-corrected chi connectivity index (χ2v) is 6.78. The van der Waals surface area contributed by atoms with Crippen molar-refractivity contribution in [3.8, 4) is 0 Å². The Hall–Kier alpha value is -0.350. The lowest BCUT2D eigenvalue weighted by atomic mass is 9.95. The van der Waals surface area contributed by atoms with Crippen molar-refractivity contribution in [1.82, 2.24) is 10.2 Å². The van der Waals surface area contributed by atoms with E-state index >= 15 is 0 Å². The number of hydrogen-bond acceptors (Lipinski definition) is 2. The molecule has 0 aromatic carbocycles. The first-order valence-corrected chi connectivity index (χ1v) is 7.73. The zero-order valence-electron chi connectivity index (χ0n) is 11.4. The molecule has 5 atom stereocenters. The quantitative estimate of drug-likeness (QED) is 0.737. The molecule has 3 aliphatic rings. The lowest BCUT2D eigenvalue weighted by Gasteiger charge is -2.38. The van der Waals surface area contributed by atoms with Gasteiger partial charge in [-0.2, -0.15) is 0 Å². The van der Waals surface area contributed by atoms with Gasteiger partial charge in [-0.3, -0.25) is 0 Å². The van der Waals surface area contributed by atoms with E-state index in [4.69, 9.17) is 17.0 Å². The minimum absolute atomic E-state index is 0.286. The van der Waals surface area contributed by atoms with E-state index in [1.807, 2.05) is 0 Å². The lowest BCUT2D eigenvalue weighted by molar-refractivity contribution is -0.0484. The van der Waals surface area contributed by atoms with Gasteiger partial charge < -0.3 is 15.0 Å². The third-order valence-corrected chi connectivity index (χ3v) is 5.13. The van der Waals surface area contributed by atoms with Crippen LogP contribution >= 0.6 is 12.2 Å². The van der Waals surface area contributed by atoms with Crippen LogP contribution in [-0.4, -0.2) is 41.4 Å². The van der Waals surface area contributed by atoms with Crippen LogP contribution in [-0.2, 0) is 4.74 Å². The fourth-order valence-electron chi connectivity index (χ4n) is 4.02. The van der Waals surface area contributed by atoms with E-state index in [9.17, 15) is 0 Å². The van der Waals surface area contributed by atoms with E-state index in [0.717, 1.165) is 30.0 Å². The van der Waals surface area contributed by atoms with Gasteiger partial charge in [-0.05, 0) is 57.2 Å². The average Bonchev–Trinajstić information content (AvgIpc) is 2.89. The summed E-state index contributed by atoms with van der Waals surface area (Å²) in [6.07, 6.45) is 6.18. The summed E-state index contributed by atoms with van der Waals surface area (Å²) in [5.74, 6) is 1.85. The van der Waals surface area contributed by atoms with Gasteiger partial charge in [0, 0.05) is 19.1 Å². The van der Waals surface area contributed by atoms with Crippen LogP contribution in [0.15, 0.2) is 0 Å². The van der Waals surface area contributed by atoms with Gasteiger partial charge >= 0.3 is 0 Å². The molecule has 0 radical (unpaired) electrons. The van der Waals surface area contributed by atoms with Crippen molar-refractivity contribution in [1.29, 1.82) is 0 Å². The second kappa shape index (κ2) is 4.97. The number of hydrogen-bond donors (Lipinski definition) is 1. The first kappa shape index (κ1) is 12.7. The molecular weight excluding hydrogens is 244 g/mol. The molecule has 1 heterocycles. The predicted octanol–water partition coefficient (Wildman–Crippen LogP) is 2.16. The number of morpholine rings is 1. The summed E-state index contributed by atoms with van der Waals surface area (Å²) in [5, 5.41) is 4.58. The first-order valence-electron chi connectivity index (χ1n) is 7.32. The van der Waals surface area contributed by atoms with Crippen LogP contribution in [0.25, 0.3) is 0 Å². The van der Waals surface area contributed by atoms with Crippen molar-refractivity contribution >= 4 is 17.3 Å². The van der Waals surface area contributed by atoms with E-state index < -0.39 is 0 Å². The van der Waals surface area contributed by atoms with E-state index in [1.54, 1.807) is 0 Å². The van der Waals surface area contributed by atoms with Gasteiger partial charge in [0.25, 0.3) is 0 Å². The van der Waals surface area contributed by atoms with Crippen molar-refractivity contribution in [2.45, 2.75) is 57.8 Å². The van der Waals surface area contributed by atoms with Crippen molar-refractivity contribution < 1.29 is 4.74 Å². The maximum atomic E-state index is 5.76. The molecule has 3 nitrogen and oxygen atoms in total. The van der Waals surface area contributed by atoms with Crippen molar-refractivity contribution in [2.24, 2.45) is 11.8 Å². The van der Waals surface area contributed by atoms with Crippen molar-refractivity contribution in [2.75, 3.05) is 13.1 Å². The molecule has 0 unspecified atom stereocenters. The Labute approximate surface area is 115 Å². The molecule has 18 heavy (non-hydrogen) atoms. The summed E-state index contributed by atoms with van der Waals surface area (Å²) in [6, 6.07) is 0.643. The summed E-state index contributed by atoms with van der Waals surface area (Å²) < 4.78 is 5.76. The van der Waals surface area contributed by atoms with Gasteiger partial charge in [-0.25, -0.2) is 0 Å². The predicted molar refractivity (Wildman–Crippen MR) is 76.6 cm³/mol. The fourth-order valence-corrected chi connectivity index (χ4v) is 4.32. The highest BCUT2D eigenvalue weighted by molar-refractivity contribution is 7.80. The Bertz CT molecular complexity index is 326. The molecule has 3 fully saturated rings. The molecule has 1 saturated heterocycles. The zero-order valence-corrected chi connectivity index (χ0v) is 12.2. The summed E-state index contributed by atoms with van der Waals surface area (Å²) in [5.41, 5.74) is 0. The molecule has 0 spiro atoms. The van der Waals surface area contributed by atoms with Gasteiger partial charge in [-0.15, -0.1) is 0 Å². The van der Waals surface area contributed by atoms with Crippen LogP contribution in [0.4, 0.5) is 0 Å². The molecule has 2 bridgehead atoms. The molecule has 0 aromatic rings. The van der Waals surface area contributed by atoms with Gasteiger partial charge in [0.1, 0.15) is 0 Å². The highest BCUT2D eigenvalue weighted by Gasteiger charge is 2.40. The average molecular weight is 268 g/mol. The molecule has 102 valence electrons. The van der Waals surface area contributed by atoms with Gasteiger partial charge in [0.05, 0.1) is 12.2 Å². The van der Waals surface area contributed by atoms with Crippen LogP contribution < -0.4 is 5.32 Å². The molecule has 0 aromatic heterocycles. The number of nitrogens with zero attached hydrogens (tertiary/aromatic N) is 1. The Morgan fingerprint density at radius 1 is 1.17 bits per heavy atom. The van der Waals surface area contributed by atoms with E-state index in [-0.39, 0.29) is 12.2 Å². The largest absolute Gasteiger partial charge is 0.372 e. The van der Waals surface area contributed by atoms with Crippen LogP contribution in [0.3, 0.4) is 0 Å². The van der Waals surface area contributed by atoms with Crippen molar-refractivity contribution in [3.05, 3.63) is 0 Å². The third-order valence-electron chi connectivity index (χ3n) is 4.75. The van der Waals surface area contributed by atoms with Crippen molar-refractivity contribution in [3.63, 3.8) is 0 Å². The molecule has 3 rings (SSSR count).